The number of methoxy groups -OCH3 is 2. The Bertz CT molecular complexity index is 808. The molecule has 0 radical (unpaired) electrons. The second kappa shape index (κ2) is 10.2. The van der Waals surface area contributed by atoms with Crippen LogP contribution in [0.15, 0.2) is 47.5 Å². The van der Waals surface area contributed by atoms with Gasteiger partial charge in [0.25, 0.3) is 11.9 Å². The highest BCUT2D eigenvalue weighted by molar-refractivity contribution is 6.04. The van der Waals surface area contributed by atoms with Gasteiger partial charge in [-0.2, -0.15) is 0 Å². The zero-order valence-corrected chi connectivity index (χ0v) is 15.6. The molecule has 0 heterocycles. The van der Waals surface area contributed by atoms with E-state index in [0.717, 1.165) is 5.56 Å². The molecular weight excluding hydrogens is 351 g/mol. The van der Waals surface area contributed by atoms with E-state index in [9.17, 15) is 9.18 Å². The van der Waals surface area contributed by atoms with E-state index in [4.69, 9.17) is 14.2 Å². The van der Waals surface area contributed by atoms with Gasteiger partial charge in [-0.25, -0.2) is 9.38 Å². The standard InChI is InChI=1S/C20H23FN2O4/c1-4-27-20(23-19(24)15-7-5-6-8-16(15)21)22-12-11-14-9-10-17(25-2)18(13-14)26-3/h5-10,13H,4,11-12H2,1-3H3,(H,22,23,24). The molecule has 0 aliphatic rings. The van der Waals surface area contributed by atoms with Gasteiger partial charge in [-0.05, 0) is 43.2 Å². The van der Waals surface area contributed by atoms with Gasteiger partial charge in [0.2, 0.25) is 0 Å². The SMILES string of the molecule is CCOC(=NCCc1ccc(OC)c(OC)c1)NC(=O)c1ccccc1F. The lowest BCUT2D eigenvalue weighted by molar-refractivity contribution is 0.0962. The summed E-state index contributed by atoms with van der Waals surface area (Å²) in [5, 5.41) is 2.51. The molecule has 0 spiro atoms. The van der Waals surface area contributed by atoms with Gasteiger partial charge in [0.1, 0.15) is 5.82 Å². The highest BCUT2D eigenvalue weighted by Gasteiger charge is 2.13. The molecule has 2 aromatic rings. The number of benzene rings is 2. The molecule has 0 fully saturated rings. The van der Waals surface area contributed by atoms with Gasteiger partial charge in [0.05, 0.1) is 26.4 Å². The summed E-state index contributed by atoms with van der Waals surface area (Å²) in [5.74, 6) is 0.0800. The molecule has 0 aliphatic heterocycles. The number of carbonyl (C=O) groups excluding carboxylic acids is 1. The normalized spacial score (nSPS) is 11.0. The fourth-order valence-electron chi connectivity index (χ4n) is 2.39. The maximum Gasteiger partial charge on any atom is 0.291 e. The molecule has 144 valence electrons. The second-order valence-electron chi connectivity index (χ2n) is 5.49. The maximum absolute atomic E-state index is 13.7. The first kappa shape index (κ1) is 20.2. The average molecular weight is 374 g/mol. The Morgan fingerprint density at radius 1 is 1.11 bits per heavy atom. The van der Waals surface area contributed by atoms with E-state index < -0.39 is 11.7 Å². The summed E-state index contributed by atoms with van der Waals surface area (Å²) in [4.78, 5) is 16.5. The quantitative estimate of drug-likeness (QED) is 0.597. The summed E-state index contributed by atoms with van der Waals surface area (Å²) in [6, 6.07) is 11.4. The number of carbonyl (C=O) groups is 1. The first-order valence-corrected chi connectivity index (χ1v) is 8.53. The molecule has 6 nitrogen and oxygen atoms in total. The number of amidine groups is 1. The van der Waals surface area contributed by atoms with Crippen LogP contribution >= 0.6 is 0 Å². The van der Waals surface area contributed by atoms with E-state index in [2.05, 4.69) is 10.3 Å². The first-order chi connectivity index (χ1) is 13.1. The van der Waals surface area contributed by atoms with Crippen molar-refractivity contribution in [3.05, 3.63) is 59.4 Å². The number of halogens is 1. The lowest BCUT2D eigenvalue weighted by Gasteiger charge is -2.11. The van der Waals surface area contributed by atoms with E-state index in [1.165, 1.54) is 18.2 Å². The predicted molar refractivity (Wildman–Crippen MR) is 101 cm³/mol. The summed E-state index contributed by atoms with van der Waals surface area (Å²) < 4.78 is 29.6. The van der Waals surface area contributed by atoms with Crippen LogP contribution in [-0.2, 0) is 11.2 Å². The maximum atomic E-state index is 13.7. The molecule has 27 heavy (non-hydrogen) atoms. The van der Waals surface area contributed by atoms with Crippen molar-refractivity contribution in [2.45, 2.75) is 13.3 Å². The molecule has 0 aromatic heterocycles. The van der Waals surface area contributed by atoms with Gasteiger partial charge in [-0.1, -0.05) is 18.2 Å². The molecule has 0 aliphatic carbocycles. The molecule has 0 saturated carbocycles. The number of ether oxygens (including phenoxy) is 3. The third-order valence-electron chi connectivity index (χ3n) is 3.72. The van der Waals surface area contributed by atoms with E-state index in [1.807, 2.05) is 18.2 Å². The largest absolute Gasteiger partial charge is 0.493 e. The van der Waals surface area contributed by atoms with Crippen LogP contribution < -0.4 is 14.8 Å². The fraction of sp³-hybridized carbons (Fsp3) is 0.300. The van der Waals surface area contributed by atoms with Crippen molar-refractivity contribution in [3.8, 4) is 11.5 Å². The number of rotatable bonds is 7. The van der Waals surface area contributed by atoms with Crippen molar-refractivity contribution in [2.24, 2.45) is 4.99 Å². The molecule has 2 aromatic carbocycles. The number of amides is 1. The lowest BCUT2D eigenvalue weighted by Crippen LogP contribution is -2.33. The van der Waals surface area contributed by atoms with Gasteiger partial charge in [0.15, 0.2) is 11.5 Å². The zero-order chi connectivity index (χ0) is 19.6. The zero-order valence-electron chi connectivity index (χ0n) is 15.6. The van der Waals surface area contributed by atoms with Crippen LogP contribution in [0.1, 0.15) is 22.8 Å². The third kappa shape index (κ3) is 5.70. The molecule has 7 heteroatoms. The van der Waals surface area contributed by atoms with E-state index >= 15 is 0 Å². The van der Waals surface area contributed by atoms with Crippen LogP contribution in [0.2, 0.25) is 0 Å². The van der Waals surface area contributed by atoms with E-state index in [0.29, 0.717) is 31.1 Å². The predicted octanol–water partition coefficient (Wildman–Crippen LogP) is 3.21. The number of hydrogen-bond acceptors (Lipinski definition) is 5. The summed E-state index contributed by atoms with van der Waals surface area (Å²) in [7, 11) is 3.15. The molecule has 0 atom stereocenters. The average Bonchev–Trinajstić information content (AvgIpc) is 2.68. The van der Waals surface area contributed by atoms with Gasteiger partial charge < -0.3 is 14.2 Å². The van der Waals surface area contributed by atoms with Gasteiger partial charge in [-0.15, -0.1) is 0 Å². The van der Waals surface area contributed by atoms with Crippen molar-refractivity contribution in [1.29, 1.82) is 0 Å². The Balaban J connectivity index is 2.03. The van der Waals surface area contributed by atoms with Crippen LogP contribution in [0.3, 0.4) is 0 Å². The van der Waals surface area contributed by atoms with Gasteiger partial charge in [0, 0.05) is 6.54 Å². The Labute approximate surface area is 158 Å². The van der Waals surface area contributed by atoms with Gasteiger partial charge in [-0.3, -0.25) is 10.1 Å². The molecule has 0 bridgehead atoms. The smallest absolute Gasteiger partial charge is 0.291 e. The molecule has 0 unspecified atom stereocenters. The Kier molecular flexibility index (Phi) is 7.61. The molecular formula is C20H23FN2O4. The minimum Gasteiger partial charge on any atom is -0.493 e. The molecule has 2 rings (SSSR count). The van der Waals surface area contributed by atoms with Crippen LogP contribution in [0.25, 0.3) is 0 Å². The fourth-order valence-corrected chi connectivity index (χ4v) is 2.39. The number of nitrogens with zero attached hydrogens (tertiary/aromatic N) is 1. The summed E-state index contributed by atoms with van der Waals surface area (Å²) >= 11 is 0. The monoisotopic (exact) mass is 374 g/mol. The second-order valence-corrected chi connectivity index (χ2v) is 5.49. The van der Waals surface area contributed by atoms with Gasteiger partial charge >= 0.3 is 0 Å². The molecule has 1 amide bonds. The van der Waals surface area contributed by atoms with E-state index in [1.54, 1.807) is 27.2 Å². The summed E-state index contributed by atoms with van der Waals surface area (Å²) in [5.41, 5.74) is 0.928. The minimum absolute atomic E-state index is 0.0613. The number of nitrogens with one attached hydrogen (secondary N) is 1. The topological polar surface area (TPSA) is 69.2 Å². The Morgan fingerprint density at radius 3 is 2.52 bits per heavy atom. The number of hydrogen-bond donors (Lipinski definition) is 1. The van der Waals surface area contributed by atoms with Crippen molar-refractivity contribution >= 4 is 11.9 Å². The van der Waals surface area contributed by atoms with Crippen LogP contribution in [0.5, 0.6) is 11.5 Å². The van der Waals surface area contributed by atoms with Crippen molar-refractivity contribution in [2.75, 3.05) is 27.4 Å². The minimum atomic E-state index is -0.605. The van der Waals surface area contributed by atoms with Crippen molar-refractivity contribution < 1.29 is 23.4 Å². The number of aliphatic imine (C=N–C) groups is 1. The molecule has 0 saturated heterocycles. The first-order valence-electron chi connectivity index (χ1n) is 8.53. The van der Waals surface area contributed by atoms with Crippen molar-refractivity contribution in [1.82, 2.24) is 5.32 Å². The Morgan fingerprint density at radius 2 is 1.85 bits per heavy atom. The summed E-state index contributed by atoms with van der Waals surface area (Å²) in [6.07, 6.45) is 0.604. The highest BCUT2D eigenvalue weighted by atomic mass is 19.1. The molecule has 1 N–H and O–H groups in total. The highest BCUT2D eigenvalue weighted by Crippen LogP contribution is 2.27. The third-order valence-corrected chi connectivity index (χ3v) is 3.72. The lowest BCUT2D eigenvalue weighted by atomic mass is 10.1. The Hall–Kier alpha value is -3.09. The van der Waals surface area contributed by atoms with E-state index in [-0.39, 0.29) is 11.6 Å². The van der Waals surface area contributed by atoms with Crippen LogP contribution in [0.4, 0.5) is 4.39 Å². The van der Waals surface area contributed by atoms with Crippen LogP contribution in [-0.4, -0.2) is 39.3 Å². The summed E-state index contributed by atoms with van der Waals surface area (Å²) in [6.45, 7) is 2.48. The van der Waals surface area contributed by atoms with Crippen LogP contribution in [0, 0.1) is 5.82 Å². The van der Waals surface area contributed by atoms with Crippen molar-refractivity contribution in [3.63, 3.8) is 0 Å².